The first-order valence-corrected chi connectivity index (χ1v) is 7.52. The number of amides is 4. The number of carbonyl (C=O) groups excluding carboxylic acids is 3. The van der Waals surface area contributed by atoms with Crippen molar-refractivity contribution in [2.75, 3.05) is 21.2 Å². The van der Waals surface area contributed by atoms with Gasteiger partial charge in [-0.15, -0.1) is 0 Å². The molecule has 1 heterocycles. The van der Waals surface area contributed by atoms with Crippen molar-refractivity contribution in [1.82, 2.24) is 9.80 Å². The number of methoxy groups -OCH3 is 1. The molecule has 4 amide bonds. The number of carbonyl (C=O) groups is 3. The summed E-state index contributed by atoms with van der Waals surface area (Å²) >= 11 is 0. The Kier molecular flexibility index (Phi) is 4.73. The fraction of sp³-hybridized carbons (Fsp3) is 0.471. The number of hydrogen-bond donors (Lipinski definition) is 0. The molecule has 1 unspecified atom stereocenters. The molecule has 1 aromatic carbocycles. The highest BCUT2D eigenvalue weighted by molar-refractivity contribution is 6.16. The molecule has 23 heavy (non-hydrogen) atoms. The van der Waals surface area contributed by atoms with Crippen LogP contribution in [-0.2, 0) is 9.59 Å². The summed E-state index contributed by atoms with van der Waals surface area (Å²) < 4.78 is 5.15. The molecule has 1 aromatic rings. The normalized spacial score (nSPS) is 17.9. The minimum Gasteiger partial charge on any atom is -0.497 e. The van der Waals surface area contributed by atoms with Gasteiger partial charge in [-0.25, -0.2) is 4.79 Å². The van der Waals surface area contributed by atoms with Crippen LogP contribution < -0.4 is 4.74 Å². The third-order valence-corrected chi connectivity index (χ3v) is 4.35. The zero-order valence-electron chi connectivity index (χ0n) is 14.1. The van der Waals surface area contributed by atoms with Crippen LogP contribution in [0.15, 0.2) is 24.3 Å². The van der Waals surface area contributed by atoms with Crippen LogP contribution in [0, 0.1) is 11.8 Å². The van der Waals surface area contributed by atoms with Crippen molar-refractivity contribution in [2.24, 2.45) is 11.8 Å². The second kappa shape index (κ2) is 6.40. The van der Waals surface area contributed by atoms with E-state index in [1.54, 1.807) is 19.2 Å². The maximum Gasteiger partial charge on any atom is 0.332 e. The summed E-state index contributed by atoms with van der Waals surface area (Å²) in [5.41, 5.74) is 0.878. The maximum atomic E-state index is 12.6. The van der Waals surface area contributed by atoms with E-state index in [-0.39, 0.29) is 11.8 Å². The lowest BCUT2D eigenvalue weighted by Gasteiger charge is -2.38. The van der Waals surface area contributed by atoms with E-state index in [4.69, 9.17) is 4.74 Å². The van der Waals surface area contributed by atoms with Crippen LogP contribution in [-0.4, -0.2) is 48.9 Å². The molecule has 1 aliphatic rings. The molecule has 0 bridgehead atoms. The van der Waals surface area contributed by atoms with Crippen molar-refractivity contribution in [3.63, 3.8) is 0 Å². The molecule has 0 radical (unpaired) electrons. The summed E-state index contributed by atoms with van der Waals surface area (Å²) in [7, 11) is 4.40. The van der Waals surface area contributed by atoms with E-state index in [0.717, 1.165) is 15.4 Å². The number of ether oxygens (including phenoxy) is 1. The van der Waals surface area contributed by atoms with E-state index in [2.05, 4.69) is 0 Å². The van der Waals surface area contributed by atoms with Crippen molar-refractivity contribution in [3.8, 4) is 5.75 Å². The van der Waals surface area contributed by atoms with E-state index in [0.29, 0.717) is 5.75 Å². The fourth-order valence-electron chi connectivity index (χ4n) is 3.03. The highest BCUT2D eigenvalue weighted by Crippen LogP contribution is 2.36. The molecule has 1 fully saturated rings. The van der Waals surface area contributed by atoms with Crippen molar-refractivity contribution in [3.05, 3.63) is 29.8 Å². The molecule has 6 nitrogen and oxygen atoms in total. The second-order valence-corrected chi connectivity index (χ2v) is 6.10. The number of benzene rings is 1. The number of urea groups is 1. The quantitative estimate of drug-likeness (QED) is 0.797. The van der Waals surface area contributed by atoms with Crippen molar-refractivity contribution < 1.29 is 19.1 Å². The number of barbiturate groups is 1. The van der Waals surface area contributed by atoms with Crippen LogP contribution in [0.2, 0.25) is 0 Å². The van der Waals surface area contributed by atoms with Gasteiger partial charge in [0.05, 0.1) is 7.11 Å². The van der Waals surface area contributed by atoms with Crippen molar-refractivity contribution in [1.29, 1.82) is 0 Å². The Morgan fingerprint density at radius 1 is 0.957 bits per heavy atom. The van der Waals surface area contributed by atoms with Gasteiger partial charge in [0, 0.05) is 20.0 Å². The molecule has 0 saturated carbocycles. The number of nitrogens with zero attached hydrogens (tertiary/aromatic N) is 2. The summed E-state index contributed by atoms with van der Waals surface area (Å²) in [5, 5.41) is 0. The first kappa shape index (κ1) is 17.0. The average molecular weight is 318 g/mol. The highest BCUT2D eigenvalue weighted by Gasteiger charge is 2.47. The van der Waals surface area contributed by atoms with Gasteiger partial charge in [0.15, 0.2) is 0 Å². The van der Waals surface area contributed by atoms with Gasteiger partial charge in [-0.1, -0.05) is 26.0 Å². The Morgan fingerprint density at radius 2 is 1.43 bits per heavy atom. The highest BCUT2D eigenvalue weighted by atomic mass is 16.5. The molecular weight excluding hydrogens is 296 g/mol. The Bertz CT molecular complexity index is 600. The largest absolute Gasteiger partial charge is 0.497 e. The van der Waals surface area contributed by atoms with Crippen LogP contribution in [0.4, 0.5) is 4.79 Å². The predicted molar refractivity (Wildman–Crippen MR) is 85.0 cm³/mol. The predicted octanol–water partition coefficient (Wildman–Crippen LogP) is 2.10. The lowest BCUT2D eigenvalue weighted by molar-refractivity contribution is -0.149. The third-order valence-electron chi connectivity index (χ3n) is 4.35. The molecule has 2 rings (SSSR count). The van der Waals surface area contributed by atoms with E-state index in [9.17, 15) is 14.4 Å². The summed E-state index contributed by atoms with van der Waals surface area (Å²) in [4.78, 5) is 39.1. The molecule has 0 aromatic heterocycles. The lowest BCUT2D eigenvalue weighted by Crippen LogP contribution is -2.58. The average Bonchev–Trinajstić information content (AvgIpc) is 2.55. The standard InChI is InChI=1S/C17H22N2O4/c1-10(2)13(11-6-8-12(23-5)9-7-11)14-15(20)18(3)17(22)19(4)16(14)21/h6-10,13-14H,1-5H3. The zero-order chi connectivity index (χ0) is 17.3. The molecule has 0 spiro atoms. The minimum atomic E-state index is -0.893. The van der Waals surface area contributed by atoms with Crippen LogP contribution >= 0.6 is 0 Å². The van der Waals surface area contributed by atoms with Gasteiger partial charge in [-0.05, 0) is 23.6 Å². The summed E-state index contributed by atoms with van der Waals surface area (Å²) in [5.74, 6) is -1.34. The smallest absolute Gasteiger partial charge is 0.332 e. The van der Waals surface area contributed by atoms with Crippen LogP contribution in [0.1, 0.15) is 25.3 Å². The summed E-state index contributed by atoms with van der Waals surface area (Å²) in [6.07, 6.45) is 0. The molecule has 124 valence electrons. The van der Waals surface area contributed by atoms with Crippen LogP contribution in [0.5, 0.6) is 5.75 Å². The SMILES string of the molecule is COc1ccc(C(C(C)C)C2C(=O)N(C)C(=O)N(C)C2=O)cc1. The topological polar surface area (TPSA) is 66.9 Å². The Labute approximate surface area is 136 Å². The molecule has 1 atom stereocenters. The van der Waals surface area contributed by atoms with Crippen molar-refractivity contribution in [2.45, 2.75) is 19.8 Å². The number of rotatable bonds is 4. The summed E-state index contributed by atoms with van der Waals surface area (Å²) in [6.45, 7) is 3.93. The monoisotopic (exact) mass is 318 g/mol. The van der Waals surface area contributed by atoms with E-state index in [1.807, 2.05) is 26.0 Å². The van der Waals surface area contributed by atoms with E-state index < -0.39 is 23.8 Å². The molecule has 0 N–H and O–H groups in total. The van der Waals surface area contributed by atoms with E-state index in [1.165, 1.54) is 14.1 Å². The molecule has 6 heteroatoms. The number of hydrogen-bond acceptors (Lipinski definition) is 4. The van der Waals surface area contributed by atoms with Gasteiger partial charge in [0.2, 0.25) is 11.8 Å². The molecular formula is C17H22N2O4. The Hall–Kier alpha value is -2.37. The Morgan fingerprint density at radius 3 is 1.83 bits per heavy atom. The van der Waals surface area contributed by atoms with Gasteiger partial charge >= 0.3 is 6.03 Å². The third kappa shape index (κ3) is 2.93. The van der Waals surface area contributed by atoms with Gasteiger partial charge in [0.1, 0.15) is 11.7 Å². The first-order valence-electron chi connectivity index (χ1n) is 7.52. The van der Waals surface area contributed by atoms with E-state index >= 15 is 0 Å². The summed E-state index contributed by atoms with van der Waals surface area (Å²) in [6, 6.07) is 6.75. The van der Waals surface area contributed by atoms with Gasteiger partial charge in [0.25, 0.3) is 0 Å². The van der Waals surface area contributed by atoms with Gasteiger partial charge in [-0.3, -0.25) is 19.4 Å². The van der Waals surface area contributed by atoms with Crippen molar-refractivity contribution >= 4 is 17.8 Å². The van der Waals surface area contributed by atoms with Gasteiger partial charge < -0.3 is 4.74 Å². The number of imide groups is 2. The lowest BCUT2D eigenvalue weighted by atomic mass is 9.76. The molecule has 1 aliphatic heterocycles. The first-order chi connectivity index (χ1) is 10.8. The van der Waals surface area contributed by atoms with Gasteiger partial charge in [-0.2, -0.15) is 0 Å². The fourth-order valence-corrected chi connectivity index (χ4v) is 3.03. The maximum absolute atomic E-state index is 12.6. The van der Waals surface area contributed by atoms with Crippen LogP contribution in [0.25, 0.3) is 0 Å². The Balaban J connectivity index is 2.45. The molecule has 1 saturated heterocycles. The van der Waals surface area contributed by atoms with Crippen LogP contribution in [0.3, 0.4) is 0 Å². The zero-order valence-corrected chi connectivity index (χ0v) is 14.1. The minimum absolute atomic E-state index is 0.0521. The second-order valence-electron chi connectivity index (χ2n) is 6.10. The molecule has 0 aliphatic carbocycles.